The van der Waals surface area contributed by atoms with Gasteiger partial charge in [0, 0.05) is 0 Å². The second-order valence-electron chi connectivity index (χ2n) is 3.27. The van der Waals surface area contributed by atoms with E-state index in [1.54, 1.807) is 0 Å². The van der Waals surface area contributed by atoms with Crippen LogP contribution in [0.5, 0.6) is 0 Å². The van der Waals surface area contributed by atoms with Crippen LogP contribution < -0.4 is 0 Å². The summed E-state index contributed by atoms with van der Waals surface area (Å²) >= 11 is 0. The second kappa shape index (κ2) is 4.80. The molecule has 1 aromatic rings. The largest absolute Gasteiger partial charge is 0.290 e. The first kappa shape index (κ1) is 9.97. The summed E-state index contributed by atoms with van der Waals surface area (Å²) in [6.07, 6.45) is 2.99. The van der Waals surface area contributed by atoms with Crippen molar-refractivity contribution in [2.45, 2.75) is 33.2 Å². The van der Waals surface area contributed by atoms with E-state index in [9.17, 15) is 0 Å². The molecule has 0 aliphatic heterocycles. The highest BCUT2D eigenvalue weighted by Gasteiger charge is 2.03. The number of hydrogen-bond donors (Lipinski definition) is 0. The minimum Gasteiger partial charge on any atom is -0.290 e. The Hall–Kier alpha value is -1.11. The van der Waals surface area contributed by atoms with Gasteiger partial charge in [0.15, 0.2) is 0 Å². The van der Waals surface area contributed by atoms with Gasteiger partial charge in [-0.15, -0.1) is 0 Å². The van der Waals surface area contributed by atoms with Crippen molar-refractivity contribution in [3.05, 3.63) is 35.4 Å². The van der Waals surface area contributed by atoms with Gasteiger partial charge in [-0.25, -0.2) is 0 Å². The number of rotatable bonds is 3. The molecule has 0 fully saturated rings. The molecule has 0 saturated heterocycles. The summed E-state index contributed by atoms with van der Waals surface area (Å²) in [4.78, 5) is 4.45. The highest BCUT2D eigenvalue weighted by Crippen LogP contribution is 2.19. The molecule has 0 aliphatic carbocycles. The van der Waals surface area contributed by atoms with E-state index in [1.807, 2.05) is 6.21 Å². The molecule has 0 saturated carbocycles. The molecule has 0 spiro atoms. The zero-order chi connectivity index (χ0) is 9.68. The first-order valence-corrected chi connectivity index (χ1v) is 4.83. The Balaban J connectivity index is 2.82. The van der Waals surface area contributed by atoms with Crippen LogP contribution >= 0.6 is 0 Å². The lowest BCUT2D eigenvalue weighted by molar-refractivity contribution is 0.813. The Morgan fingerprint density at radius 1 is 1.38 bits per heavy atom. The number of benzene rings is 1. The van der Waals surface area contributed by atoms with Crippen molar-refractivity contribution < 1.29 is 0 Å². The predicted octanol–water partition coefficient (Wildman–Crippen LogP) is 3.54. The van der Waals surface area contributed by atoms with Crippen LogP contribution in [-0.2, 0) is 0 Å². The number of hydrogen-bond acceptors (Lipinski definition) is 1. The third kappa shape index (κ3) is 2.69. The van der Waals surface area contributed by atoms with E-state index < -0.39 is 0 Å². The molecule has 1 nitrogen and oxygen atoms in total. The first-order chi connectivity index (χ1) is 6.25. The molecule has 1 aromatic carbocycles. The van der Waals surface area contributed by atoms with Crippen molar-refractivity contribution >= 4 is 6.21 Å². The molecule has 0 unspecified atom stereocenters. The fourth-order valence-corrected chi connectivity index (χ4v) is 1.40. The molecular weight excluding hydrogens is 158 g/mol. The van der Waals surface area contributed by atoms with Crippen molar-refractivity contribution in [1.82, 2.24) is 0 Å². The lowest BCUT2D eigenvalue weighted by Crippen LogP contribution is -1.93. The van der Waals surface area contributed by atoms with Crippen LogP contribution in [0, 0.1) is 6.92 Å². The Morgan fingerprint density at radius 3 is 2.69 bits per heavy atom. The SMILES string of the molecule is CCC=N[C@H](C)c1ccccc1C. The van der Waals surface area contributed by atoms with E-state index in [4.69, 9.17) is 0 Å². The van der Waals surface area contributed by atoms with Gasteiger partial charge >= 0.3 is 0 Å². The van der Waals surface area contributed by atoms with Crippen molar-refractivity contribution in [2.24, 2.45) is 4.99 Å². The smallest absolute Gasteiger partial charge is 0.0719 e. The van der Waals surface area contributed by atoms with E-state index in [1.165, 1.54) is 11.1 Å². The number of aryl methyl sites for hydroxylation is 1. The zero-order valence-electron chi connectivity index (χ0n) is 8.62. The fourth-order valence-electron chi connectivity index (χ4n) is 1.40. The first-order valence-electron chi connectivity index (χ1n) is 4.83. The third-order valence-corrected chi connectivity index (χ3v) is 2.15. The molecule has 1 heteroatoms. The average Bonchev–Trinajstić information content (AvgIpc) is 2.15. The quantitative estimate of drug-likeness (QED) is 0.623. The molecule has 0 aromatic heterocycles. The molecule has 13 heavy (non-hydrogen) atoms. The van der Waals surface area contributed by atoms with Gasteiger partial charge in [-0.1, -0.05) is 31.2 Å². The van der Waals surface area contributed by atoms with E-state index in [0.717, 1.165) is 6.42 Å². The summed E-state index contributed by atoms with van der Waals surface area (Å²) in [5.74, 6) is 0. The Bertz CT molecular complexity index is 289. The molecule has 0 radical (unpaired) electrons. The van der Waals surface area contributed by atoms with Gasteiger partial charge in [0.05, 0.1) is 6.04 Å². The van der Waals surface area contributed by atoms with Gasteiger partial charge in [0.25, 0.3) is 0 Å². The van der Waals surface area contributed by atoms with Crippen LogP contribution in [0.2, 0.25) is 0 Å². The van der Waals surface area contributed by atoms with E-state index >= 15 is 0 Å². The topological polar surface area (TPSA) is 12.4 Å². The van der Waals surface area contributed by atoms with Gasteiger partial charge in [-0.05, 0) is 37.6 Å². The molecule has 0 aliphatic rings. The highest BCUT2D eigenvalue weighted by molar-refractivity contribution is 5.57. The fraction of sp³-hybridized carbons (Fsp3) is 0.417. The van der Waals surface area contributed by atoms with Crippen molar-refractivity contribution in [3.8, 4) is 0 Å². The Morgan fingerprint density at radius 2 is 2.08 bits per heavy atom. The van der Waals surface area contributed by atoms with Gasteiger partial charge in [0.2, 0.25) is 0 Å². The zero-order valence-corrected chi connectivity index (χ0v) is 8.62. The second-order valence-corrected chi connectivity index (χ2v) is 3.27. The average molecular weight is 175 g/mol. The Labute approximate surface area is 80.5 Å². The van der Waals surface area contributed by atoms with Gasteiger partial charge < -0.3 is 0 Å². The minimum atomic E-state index is 0.293. The van der Waals surface area contributed by atoms with E-state index in [2.05, 4.69) is 50.0 Å². The lowest BCUT2D eigenvalue weighted by atomic mass is 10.0. The normalized spacial score (nSPS) is 13.5. The molecule has 0 bridgehead atoms. The predicted molar refractivity (Wildman–Crippen MR) is 58.4 cm³/mol. The molecule has 0 N–H and O–H groups in total. The van der Waals surface area contributed by atoms with E-state index in [0.29, 0.717) is 6.04 Å². The molecule has 70 valence electrons. The summed E-state index contributed by atoms with van der Waals surface area (Å²) in [5.41, 5.74) is 2.65. The maximum atomic E-state index is 4.45. The standard InChI is InChI=1S/C12H17N/c1-4-9-13-11(3)12-8-6-5-7-10(12)2/h5-9,11H,4H2,1-3H3/t11-/m1/s1. The van der Waals surface area contributed by atoms with Gasteiger partial charge in [0.1, 0.15) is 0 Å². The van der Waals surface area contributed by atoms with Crippen LogP contribution in [0.4, 0.5) is 0 Å². The van der Waals surface area contributed by atoms with Gasteiger partial charge in [-0.2, -0.15) is 0 Å². The maximum absolute atomic E-state index is 4.45. The summed E-state index contributed by atoms with van der Waals surface area (Å²) in [5, 5.41) is 0. The minimum absolute atomic E-state index is 0.293. The molecule has 0 amide bonds. The maximum Gasteiger partial charge on any atom is 0.0719 e. The third-order valence-electron chi connectivity index (χ3n) is 2.15. The monoisotopic (exact) mass is 175 g/mol. The molecular formula is C12H17N. The van der Waals surface area contributed by atoms with Crippen LogP contribution in [0.3, 0.4) is 0 Å². The van der Waals surface area contributed by atoms with E-state index in [-0.39, 0.29) is 0 Å². The van der Waals surface area contributed by atoms with Crippen molar-refractivity contribution in [2.75, 3.05) is 0 Å². The summed E-state index contributed by atoms with van der Waals surface area (Å²) < 4.78 is 0. The molecule has 0 heterocycles. The summed E-state index contributed by atoms with van der Waals surface area (Å²) in [6, 6.07) is 8.71. The number of nitrogens with zero attached hydrogens (tertiary/aromatic N) is 1. The van der Waals surface area contributed by atoms with Crippen LogP contribution in [0.1, 0.15) is 37.4 Å². The summed E-state index contributed by atoms with van der Waals surface area (Å²) in [7, 11) is 0. The van der Waals surface area contributed by atoms with Gasteiger partial charge in [-0.3, -0.25) is 4.99 Å². The van der Waals surface area contributed by atoms with Crippen LogP contribution in [0.15, 0.2) is 29.3 Å². The lowest BCUT2D eigenvalue weighted by Gasteiger charge is -2.09. The van der Waals surface area contributed by atoms with Crippen molar-refractivity contribution in [1.29, 1.82) is 0 Å². The Kier molecular flexibility index (Phi) is 3.69. The highest BCUT2D eigenvalue weighted by atomic mass is 14.8. The molecule has 1 atom stereocenters. The molecule has 1 rings (SSSR count). The van der Waals surface area contributed by atoms with Crippen LogP contribution in [0.25, 0.3) is 0 Å². The van der Waals surface area contributed by atoms with Crippen molar-refractivity contribution in [3.63, 3.8) is 0 Å². The number of aliphatic imine (C=N–C) groups is 1. The van der Waals surface area contributed by atoms with Crippen LogP contribution in [-0.4, -0.2) is 6.21 Å². The summed E-state index contributed by atoms with van der Waals surface area (Å²) in [6.45, 7) is 6.37.